The zero-order chi connectivity index (χ0) is 17.6. The zero-order valence-electron chi connectivity index (χ0n) is 14.9. The number of carbonyl (C=O) groups is 1. The van der Waals surface area contributed by atoms with Gasteiger partial charge in [0.05, 0.1) is 6.10 Å². The van der Waals surface area contributed by atoms with Crippen molar-refractivity contribution < 1.29 is 9.90 Å². The third kappa shape index (κ3) is 5.57. The molecule has 0 radical (unpaired) electrons. The first-order valence-corrected chi connectivity index (χ1v) is 8.61. The van der Waals surface area contributed by atoms with E-state index in [2.05, 4.69) is 39.6 Å². The lowest BCUT2D eigenvalue weighted by Crippen LogP contribution is -2.42. The van der Waals surface area contributed by atoms with Gasteiger partial charge in [0.2, 0.25) is 0 Å². The molecular formula is C19H29N3O2. The number of aliphatic hydroxyl groups is 1. The predicted molar refractivity (Wildman–Crippen MR) is 98.0 cm³/mol. The second-order valence-corrected chi connectivity index (χ2v) is 7.25. The summed E-state index contributed by atoms with van der Waals surface area (Å²) in [5, 5.41) is 16.5. The van der Waals surface area contributed by atoms with Gasteiger partial charge in [0.25, 0.3) is 0 Å². The summed E-state index contributed by atoms with van der Waals surface area (Å²) in [7, 11) is 0. The first-order valence-electron chi connectivity index (χ1n) is 8.61. The second kappa shape index (κ2) is 8.20. The molecule has 2 aromatic rings. The van der Waals surface area contributed by atoms with E-state index in [9.17, 15) is 9.90 Å². The van der Waals surface area contributed by atoms with Gasteiger partial charge < -0.3 is 20.3 Å². The predicted octanol–water partition coefficient (Wildman–Crippen LogP) is 3.13. The van der Waals surface area contributed by atoms with Gasteiger partial charge in [-0.2, -0.15) is 0 Å². The molecule has 1 unspecified atom stereocenters. The molecule has 132 valence electrons. The van der Waals surface area contributed by atoms with Crippen molar-refractivity contribution in [3.8, 4) is 0 Å². The minimum atomic E-state index is -0.360. The standard InChI is InChI=1S/C19H29N3O2/c1-15(23)13-19(2,3)14-21-18(24)20-10-6-11-22-12-9-16-7-4-5-8-17(16)22/h4-5,7-9,12,15,23H,6,10-11,13-14H2,1-3H3,(H2,20,21,24). The molecule has 0 spiro atoms. The number of amides is 2. The van der Waals surface area contributed by atoms with Crippen molar-refractivity contribution in [2.45, 2.75) is 46.3 Å². The van der Waals surface area contributed by atoms with Crippen molar-refractivity contribution in [2.75, 3.05) is 13.1 Å². The van der Waals surface area contributed by atoms with Gasteiger partial charge >= 0.3 is 6.03 Å². The molecule has 0 aliphatic carbocycles. The number of nitrogens with one attached hydrogen (secondary N) is 2. The molecular weight excluding hydrogens is 302 g/mol. The van der Waals surface area contributed by atoms with Crippen LogP contribution in [0.1, 0.15) is 33.6 Å². The van der Waals surface area contributed by atoms with E-state index in [4.69, 9.17) is 0 Å². The van der Waals surface area contributed by atoms with Gasteiger partial charge in [0.1, 0.15) is 0 Å². The molecule has 1 aromatic heterocycles. The minimum Gasteiger partial charge on any atom is -0.393 e. The van der Waals surface area contributed by atoms with Crippen LogP contribution in [0.5, 0.6) is 0 Å². The first kappa shape index (κ1) is 18.3. The van der Waals surface area contributed by atoms with Crippen molar-refractivity contribution in [3.05, 3.63) is 36.5 Å². The molecule has 24 heavy (non-hydrogen) atoms. The van der Waals surface area contributed by atoms with Gasteiger partial charge in [0, 0.05) is 31.3 Å². The Morgan fingerprint density at radius 2 is 2.00 bits per heavy atom. The number of aromatic nitrogens is 1. The van der Waals surface area contributed by atoms with Crippen molar-refractivity contribution in [1.82, 2.24) is 15.2 Å². The fourth-order valence-corrected chi connectivity index (χ4v) is 3.04. The lowest BCUT2D eigenvalue weighted by Gasteiger charge is -2.26. The van der Waals surface area contributed by atoms with Crippen LogP contribution in [0.25, 0.3) is 10.9 Å². The van der Waals surface area contributed by atoms with Crippen LogP contribution < -0.4 is 10.6 Å². The Morgan fingerprint density at radius 3 is 2.75 bits per heavy atom. The summed E-state index contributed by atoms with van der Waals surface area (Å²) >= 11 is 0. The van der Waals surface area contributed by atoms with E-state index >= 15 is 0 Å². The average molecular weight is 331 g/mol. The molecule has 2 rings (SSSR count). The summed E-state index contributed by atoms with van der Waals surface area (Å²) in [5.74, 6) is 0. The topological polar surface area (TPSA) is 66.3 Å². The number of benzene rings is 1. The van der Waals surface area contributed by atoms with Crippen LogP contribution in [0.2, 0.25) is 0 Å². The van der Waals surface area contributed by atoms with Crippen LogP contribution in [0.15, 0.2) is 36.5 Å². The van der Waals surface area contributed by atoms with E-state index in [0.29, 0.717) is 19.5 Å². The maximum atomic E-state index is 11.9. The van der Waals surface area contributed by atoms with Crippen LogP contribution in [0.3, 0.4) is 0 Å². The molecule has 5 nitrogen and oxygen atoms in total. The number of aryl methyl sites for hydroxylation is 1. The Morgan fingerprint density at radius 1 is 1.25 bits per heavy atom. The maximum Gasteiger partial charge on any atom is 0.314 e. The molecule has 1 heterocycles. The van der Waals surface area contributed by atoms with Crippen LogP contribution in [0, 0.1) is 5.41 Å². The fourth-order valence-electron chi connectivity index (χ4n) is 3.04. The molecule has 0 saturated carbocycles. The first-order chi connectivity index (χ1) is 11.4. The number of hydrogen-bond acceptors (Lipinski definition) is 2. The Labute approximate surface area is 144 Å². The van der Waals surface area contributed by atoms with Gasteiger partial charge in [-0.25, -0.2) is 4.79 Å². The van der Waals surface area contributed by atoms with Crippen molar-refractivity contribution in [1.29, 1.82) is 0 Å². The van der Waals surface area contributed by atoms with Crippen molar-refractivity contribution in [2.24, 2.45) is 5.41 Å². The highest BCUT2D eigenvalue weighted by Crippen LogP contribution is 2.20. The van der Waals surface area contributed by atoms with Gasteiger partial charge in [-0.1, -0.05) is 32.0 Å². The summed E-state index contributed by atoms with van der Waals surface area (Å²) in [4.78, 5) is 11.9. The van der Waals surface area contributed by atoms with Gasteiger partial charge in [-0.3, -0.25) is 0 Å². The number of fused-ring (bicyclic) bond motifs is 1. The Balaban J connectivity index is 1.68. The van der Waals surface area contributed by atoms with E-state index in [1.165, 1.54) is 10.9 Å². The molecule has 1 aromatic carbocycles. The molecule has 0 fully saturated rings. The van der Waals surface area contributed by atoms with E-state index in [1.54, 1.807) is 6.92 Å². The summed E-state index contributed by atoms with van der Waals surface area (Å²) in [6, 6.07) is 10.3. The number of urea groups is 1. The average Bonchev–Trinajstić information content (AvgIpc) is 2.92. The zero-order valence-corrected chi connectivity index (χ0v) is 14.9. The monoisotopic (exact) mass is 331 g/mol. The second-order valence-electron chi connectivity index (χ2n) is 7.25. The number of rotatable bonds is 8. The summed E-state index contributed by atoms with van der Waals surface area (Å²) in [6.07, 6.45) is 3.27. The molecule has 5 heteroatoms. The minimum absolute atomic E-state index is 0.116. The van der Waals surface area contributed by atoms with Gasteiger partial charge in [-0.15, -0.1) is 0 Å². The quantitative estimate of drug-likeness (QED) is 0.651. The molecule has 0 aliphatic heterocycles. The van der Waals surface area contributed by atoms with Crippen LogP contribution in [-0.2, 0) is 6.54 Å². The van der Waals surface area contributed by atoms with Crippen molar-refractivity contribution >= 4 is 16.9 Å². The Hall–Kier alpha value is -2.01. The summed E-state index contributed by atoms with van der Waals surface area (Å²) in [6.45, 7) is 7.91. The molecule has 0 aliphatic rings. The lowest BCUT2D eigenvalue weighted by atomic mass is 9.87. The van der Waals surface area contributed by atoms with Crippen LogP contribution >= 0.6 is 0 Å². The Bertz CT molecular complexity index is 661. The smallest absolute Gasteiger partial charge is 0.314 e. The van der Waals surface area contributed by atoms with Gasteiger partial charge in [-0.05, 0) is 42.7 Å². The lowest BCUT2D eigenvalue weighted by molar-refractivity contribution is 0.129. The third-order valence-electron chi connectivity index (χ3n) is 4.12. The highest BCUT2D eigenvalue weighted by Gasteiger charge is 2.20. The third-order valence-corrected chi connectivity index (χ3v) is 4.12. The van der Waals surface area contributed by atoms with E-state index in [1.807, 2.05) is 26.0 Å². The van der Waals surface area contributed by atoms with Crippen LogP contribution in [-0.4, -0.2) is 34.9 Å². The summed E-state index contributed by atoms with van der Waals surface area (Å²) in [5.41, 5.74) is 1.11. The van der Waals surface area contributed by atoms with E-state index < -0.39 is 0 Å². The molecule has 3 N–H and O–H groups in total. The number of hydrogen-bond donors (Lipinski definition) is 3. The SMILES string of the molecule is CC(O)CC(C)(C)CNC(=O)NCCCn1ccc2ccccc21. The summed E-state index contributed by atoms with van der Waals surface area (Å²) < 4.78 is 2.21. The van der Waals surface area contributed by atoms with Gasteiger partial charge in [0.15, 0.2) is 0 Å². The molecule has 0 saturated heterocycles. The largest absolute Gasteiger partial charge is 0.393 e. The molecule has 2 amide bonds. The number of carbonyl (C=O) groups excluding carboxylic acids is 1. The van der Waals surface area contributed by atoms with E-state index in [-0.39, 0.29) is 17.6 Å². The fraction of sp³-hybridized carbons (Fsp3) is 0.526. The number of nitrogens with zero attached hydrogens (tertiary/aromatic N) is 1. The molecule has 1 atom stereocenters. The van der Waals surface area contributed by atoms with Crippen LogP contribution in [0.4, 0.5) is 4.79 Å². The van der Waals surface area contributed by atoms with E-state index in [0.717, 1.165) is 13.0 Å². The normalized spacial score (nSPS) is 13.0. The van der Waals surface area contributed by atoms with Crippen molar-refractivity contribution in [3.63, 3.8) is 0 Å². The number of aliphatic hydroxyl groups excluding tert-OH is 1. The maximum absolute atomic E-state index is 11.9. The number of para-hydroxylation sites is 1. The Kier molecular flexibility index (Phi) is 6.26. The highest BCUT2D eigenvalue weighted by atomic mass is 16.3. The molecule has 0 bridgehead atoms. The highest BCUT2D eigenvalue weighted by molar-refractivity contribution is 5.79.